The van der Waals surface area contributed by atoms with Crippen molar-refractivity contribution in [1.29, 1.82) is 0 Å². The molecule has 0 radical (unpaired) electrons. The summed E-state index contributed by atoms with van der Waals surface area (Å²) in [6.07, 6.45) is 3.87. The molecule has 0 saturated heterocycles. The highest BCUT2D eigenvalue weighted by atomic mass is 32.1. The average molecular weight is 280 g/mol. The van der Waals surface area contributed by atoms with E-state index in [2.05, 4.69) is 42.3 Å². The summed E-state index contributed by atoms with van der Waals surface area (Å²) in [5.41, 5.74) is 0.710. The van der Waals surface area contributed by atoms with Crippen molar-refractivity contribution < 1.29 is 5.11 Å². The molecule has 0 bridgehead atoms. The molecule has 2 aromatic heterocycles. The SMILES string of the molecule is CCCn1ccnc1C(O)c1snnc1C(C)(C)C. The summed E-state index contributed by atoms with van der Waals surface area (Å²) in [6, 6.07) is 0. The number of rotatable bonds is 4. The predicted molar refractivity (Wildman–Crippen MR) is 75.2 cm³/mol. The Labute approximate surface area is 117 Å². The fourth-order valence-electron chi connectivity index (χ4n) is 2.01. The summed E-state index contributed by atoms with van der Waals surface area (Å²) in [4.78, 5) is 5.07. The van der Waals surface area contributed by atoms with Crippen molar-refractivity contribution in [3.63, 3.8) is 0 Å². The van der Waals surface area contributed by atoms with Gasteiger partial charge in [-0.3, -0.25) is 0 Å². The monoisotopic (exact) mass is 280 g/mol. The molecular weight excluding hydrogens is 260 g/mol. The summed E-state index contributed by atoms with van der Waals surface area (Å²) in [5.74, 6) is 0.665. The van der Waals surface area contributed by atoms with Crippen molar-refractivity contribution >= 4 is 11.5 Å². The molecule has 2 heterocycles. The second-order valence-electron chi connectivity index (χ2n) is 5.62. The van der Waals surface area contributed by atoms with E-state index in [0.29, 0.717) is 5.82 Å². The molecule has 0 aliphatic carbocycles. The van der Waals surface area contributed by atoms with E-state index in [4.69, 9.17) is 0 Å². The molecule has 0 amide bonds. The first-order chi connectivity index (χ1) is 8.95. The third kappa shape index (κ3) is 2.84. The zero-order valence-electron chi connectivity index (χ0n) is 11.8. The molecule has 1 N–H and O–H groups in total. The molecule has 0 spiro atoms. The molecule has 6 heteroatoms. The molecule has 1 unspecified atom stereocenters. The standard InChI is InChI=1S/C13H20N4OS/c1-5-7-17-8-6-14-12(17)9(18)10-11(13(2,3)4)15-16-19-10/h6,8-9,18H,5,7H2,1-4H3. The highest BCUT2D eigenvalue weighted by molar-refractivity contribution is 7.05. The number of hydrogen-bond acceptors (Lipinski definition) is 5. The van der Waals surface area contributed by atoms with Crippen molar-refractivity contribution in [3.8, 4) is 0 Å². The van der Waals surface area contributed by atoms with E-state index >= 15 is 0 Å². The fourth-order valence-corrected chi connectivity index (χ4v) is 2.86. The van der Waals surface area contributed by atoms with Crippen LogP contribution in [0.25, 0.3) is 0 Å². The van der Waals surface area contributed by atoms with Gasteiger partial charge in [-0.1, -0.05) is 32.2 Å². The van der Waals surface area contributed by atoms with Crippen LogP contribution in [0.4, 0.5) is 0 Å². The summed E-state index contributed by atoms with van der Waals surface area (Å²) in [6.45, 7) is 9.16. The van der Waals surface area contributed by atoms with E-state index in [-0.39, 0.29) is 5.41 Å². The van der Waals surface area contributed by atoms with Crippen LogP contribution in [0, 0.1) is 0 Å². The molecule has 104 valence electrons. The third-order valence-electron chi connectivity index (χ3n) is 2.93. The Balaban J connectivity index is 2.37. The molecule has 19 heavy (non-hydrogen) atoms. The normalized spacial score (nSPS) is 13.7. The second-order valence-corrected chi connectivity index (χ2v) is 6.40. The van der Waals surface area contributed by atoms with Crippen LogP contribution in [-0.2, 0) is 12.0 Å². The van der Waals surface area contributed by atoms with Gasteiger partial charge in [0.05, 0.1) is 10.6 Å². The summed E-state index contributed by atoms with van der Waals surface area (Å²) in [7, 11) is 0. The Kier molecular flexibility index (Phi) is 4.01. The summed E-state index contributed by atoms with van der Waals surface area (Å²) < 4.78 is 5.97. The van der Waals surface area contributed by atoms with E-state index in [1.54, 1.807) is 6.20 Å². The van der Waals surface area contributed by atoms with E-state index in [0.717, 1.165) is 23.5 Å². The minimum Gasteiger partial charge on any atom is -0.379 e. The minimum atomic E-state index is -0.754. The topological polar surface area (TPSA) is 63.8 Å². The molecule has 0 aliphatic heterocycles. The van der Waals surface area contributed by atoms with Crippen LogP contribution in [0.5, 0.6) is 0 Å². The highest BCUT2D eigenvalue weighted by Gasteiger charge is 2.28. The van der Waals surface area contributed by atoms with E-state index in [9.17, 15) is 5.11 Å². The molecule has 0 aliphatic rings. The van der Waals surface area contributed by atoms with Gasteiger partial charge in [0.15, 0.2) is 0 Å². The summed E-state index contributed by atoms with van der Waals surface area (Å²) >= 11 is 1.25. The maximum atomic E-state index is 10.6. The van der Waals surface area contributed by atoms with Crippen LogP contribution in [0.15, 0.2) is 12.4 Å². The van der Waals surface area contributed by atoms with Crippen LogP contribution in [0.2, 0.25) is 0 Å². The van der Waals surface area contributed by atoms with Crippen LogP contribution in [-0.4, -0.2) is 24.2 Å². The number of aliphatic hydroxyl groups is 1. The molecule has 1 atom stereocenters. The zero-order chi connectivity index (χ0) is 14.0. The first-order valence-electron chi connectivity index (χ1n) is 6.47. The number of hydrogen-bond donors (Lipinski definition) is 1. The summed E-state index contributed by atoms with van der Waals surface area (Å²) in [5, 5.41) is 14.7. The number of aryl methyl sites for hydroxylation is 1. The van der Waals surface area contributed by atoms with Gasteiger partial charge in [-0.25, -0.2) is 4.98 Å². The zero-order valence-corrected chi connectivity index (χ0v) is 12.6. The molecular formula is C13H20N4OS. The molecule has 5 nitrogen and oxygen atoms in total. The van der Waals surface area contributed by atoms with E-state index < -0.39 is 6.10 Å². The first kappa shape index (κ1) is 14.1. The lowest BCUT2D eigenvalue weighted by Crippen LogP contribution is -2.17. The minimum absolute atomic E-state index is 0.133. The Morgan fingerprint density at radius 3 is 2.79 bits per heavy atom. The van der Waals surface area contributed by atoms with Crippen LogP contribution >= 0.6 is 11.5 Å². The van der Waals surface area contributed by atoms with Crippen molar-refractivity contribution in [3.05, 3.63) is 28.8 Å². The predicted octanol–water partition coefficient (Wildman–Crippen LogP) is 2.52. The largest absolute Gasteiger partial charge is 0.379 e. The second kappa shape index (κ2) is 5.38. The Morgan fingerprint density at radius 1 is 1.42 bits per heavy atom. The van der Waals surface area contributed by atoms with Gasteiger partial charge in [-0.05, 0) is 18.0 Å². The van der Waals surface area contributed by atoms with Crippen molar-refractivity contribution in [2.24, 2.45) is 0 Å². The van der Waals surface area contributed by atoms with Gasteiger partial charge >= 0.3 is 0 Å². The quantitative estimate of drug-likeness (QED) is 0.934. The van der Waals surface area contributed by atoms with Crippen molar-refractivity contribution in [2.45, 2.75) is 52.2 Å². The van der Waals surface area contributed by atoms with E-state index in [1.165, 1.54) is 11.5 Å². The Morgan fingerprint density at radius 2 is 2.16 bits per heavy atom. The van der Waals surface area contributed by atoms with Gasteiger partial charge in [0.2, 0.25) is 0 Å². The highest BCUT2D eigenvalue weighted by Crippen LogP contribution is 2.32. The number of aromatic nitrogens is 4. The lowest BCUT2D eigenvalue weighted by atomic mass is 9.90. The molecule has 2 rings (SSSR count). The number of nitrogens with zero attached hydrogens (tertiary/aromatic N) is 4. The fraction of sp³-hybridized carbons (Fsp3) is 0.615. The van der Waals surface area contributed by atoms with Gasteiger partial charge in [0.1, 0.15) is 11.9 Å². The smallest absolute Gasteiger partial charge is 0.149 e. The van der Waals surface area contributed by atoms with Crippen LogP contribution in [0.1, 0.15) is 56.6 Å². The lowest BCUT2D eigenvalue weighted by molar-refractivity contribution is 0.205. The van der Waals surface area contributed by atoms with Gasteiger partial charge < -0.3 is 9.67 Å². The third-order valence-corrected chi connectivity index (χ3v) is 3.71. The van der Waals surface area contributed by atoms with Gasteiger partial charge in [0, 0.05) is 24.4 Å². The molecule has 0 aromatic carbocycles. The molecule has 2 aromatic rings. The Hall–Kier alpha value is -1.27. The van der Waals surface area contributed by atoms with Crippen LogP contribution in [0.3, 0.4) is 0 Å². The first-order valence-corrected chi connectivity index (χ1v) is 7.24. The van der Waals surface area contributed by atoms with Gasteiger partial charge in [0.25, 0.3) is 0 Å². The molecule has 0 saturated carbocycles. The molecule has 0 fully saturated rings. The van der Waals surface area contributed by atoms with Gasteiger partial charge in [-0.15, -0.1) is 5.10 Å². The maximum absolute atomic E-state index is 10.6. The van der Waals surface area contributed by atoms with Crippen molar-refractivity contribution in [1.82, 2.24) is 19.1 Å². The van der Waals surface area contributed by atoms with Crippen molar-refractivity contribution in [2.75, 3.05) is 0 Å². The Bertz CT molecular complexity index is 541. The number of imidazole rings is 1. The average Bonchev–Trinajstić information content (AvgIpc) is 2.95. The van der Waals surface area contributed by atoms with Crippen LogP contribution < -0.4 is 0 Å². The number of aliphatic hydroxyl groups excluding tert-OH is 1. The van der Waals surface area contributed by atoms with E-state index in [1.807, 2.05) is 10.8 Å². The maximum Gasteiger partial charge on any atom is 0.149 e. The lowest BCUT2D eigenvalue weighted by Gasteiger charge is -2.19. The van der Waals surface area contributed by atoms with Gasteiger partial charge in [-0.2, -0.15) is 0 Å².